The number of anilines is 1. The fourth-order valence-corrected chi connectivity index (χ4v) is 1.17. The van der Waals surface area contributed by atoms with E-state index in [1.165, 1.54) is 0 Å². The number of nitrogens with one attached hydrogen (secondary N) is 1. The molecule has 1 atom stereocenters. The van der Waals surface area contributed by atoms with Crippen LogP contribution < -0.4 is 5.32 Å². The van der Waals surface area contributed by atoms with Gasteiger partial charge in [-0.15, -0.1) is 0 Å². The fourth-order valence-electron chi connectivity index (χ4n) is 0.947. The summed E-state index contributed by atoms with van der Waals surface area (Å²) in [6, 6.07) is -0.0797. The van der Waals surface area contributed by atoms with Crippen LogP contribution >= 0.6 is 11.6 Å². The second-order valence-electron chi connectivity index (χ2n) is 3.26. The van der Waals surface area contributed by atoms with Crippen molar-refractivity contribution in [2.75, 3.05) is 11.9 Å². The number of hydrogen-bond acceptors (Lipinski definition) is 4. The van der Waals surface area contributed by atoms with Gasteiger partial charge >= 0.3 is 0 Å². The van der Waals surface area contributed by atoms with Crippen LogP contribution in [0.1, 0.15) is 18.3 Å². The molecule has 1 heterocycles. The van der Waals surface area contributed by atoms with Crippen molar-refractivity contribution in [3.63, 3.8) is 0 Å². The van der Waals surface area contributed by atoms with Crippen molar-refractivity contribution in [2.45, 2.75) is 26.8 Å². The third-order valence-corrected chi connectivity index (χ3v) is 2.18. The van der Waals surface area contributed by atoms with Crippen LogP contribution in [-0.4, -0.2) is 27.7 Å². The molecule has 0 aromatic carbocycles. The monoisotopic (exact) mass is 215 g/mol. The maximum Gasteiger partial charge on any atom is 0.171 e. The zero-order valence-electron chi connectivity index (χ0n) is 8.50. The minimum absolute atomic E-state index is 0.0327. The van der Waals surface area contributed by atoms with E-state index in [0.29, 0.717) is 11.0 Å². The highest BCUT2D eigenvalue weighted by Gasteiger charge is 2.08. The molecule has 5 heteroatoms. The van der Waals surface area contributed by atoms with Gasteiger partial charge in [0.1, 0.15) is 0 Å². The molecular formula is C9H14ClN3O. The Hall–Kier alpha value is -0.870. The average Bonchev–Trinajstić information content (AvgIpc) is 2.14. The number of rotatable bonds is 3. The molecule has 1 aromatic rings. The van der Waals surface area contributed by atoms with Crippen LogP contribution in [0.15, 0.2) is 0 Å². The van der Waals surface area contributed by atoms with Crippen LogP contribution in [0, 0.1) is 13.8 Å². The van der Waals surface area contributed by atoms with Crippen molar-refractivity contribution in [3.8, 4) is 0 Å². The molecule has 78 valence electrons. The van der Waals surface area contributed by atoms with Gasteiger partial charge in [0.25, 0.3) is 0 Å². The van der Waals surface area contributed by atoms with Crippen molar-refractivity contribution >= 4 is 17.4 Å². The van der Waals surface area contributed by atoms with E-state index >= 15 is 0 Å². The Labute approximate surface area is 88.3 Å². The maximum absolute atomic E-state index is 8.86. The summed E-state index contributed by atoms with van der Waals surface area (Å²) in [6.07, 6.45) is 0. The minimum atomic E-state index is -0.0797. The number of aliphatic hydroxyl groups excluding tert-OH is 1. The number of hydrogen-bond donors (Lipinski definition) is 2. The fraction of sp³-hybridized carbons (Fsp3) is 0.556. The van der Waals surface area contributed by atoms with E-state index in [1.54, 1.807) is 0 Å². The van der Waals surface area contributed by atoms with Gasteiger partial charge in [0.15, 0.2) is 11.0 Å². The van der Waals surface area contributed by atoms with Gasteiger partial charge < -0.3 is 10.4 Å². The normalized spacial score (nSPS) is 12.6. The number of aryl methyl sites for hydroxylation is 2. The maximum atomic E-state index is 8.86. The third kappa shape index (κ3) is 2.56. The number of nitrogens with zero attached hydrogens (tertiary/aromatic N) is 2. The standard InChI is InChI=1S/C9H14ClN3O/c1-5(4-14)11-9-8(10)12-6(2)7(3)13-9/h5,14H,4H2,1-3H3,(H,11,13). The first-order valence-electron chi connectivity index (χ1n) is 4.42. The van der Waals surface area contributed by atoms with E-state index in [-0.39, 0.29) is 12.6 Å². The Morgan fingerprint density at radius 3 is 2.50 bits per heavy atom. The summed E-state index contributed by atoms with van der Waals surface area (Å²) < 4.78 is 0. The van der Waals surface area contributed by atoms with E-state index in [0.717, 1.165) is 11.4 Å². The first-order valence-corrected chi connectivity index (χ1v) is 4.80. The van der Waals surface area contributed by atoms with E-state index in [9.17, 15) is 0 Å². The quantitative estimate of drug-likeness (QED) is 0.803. The first-order chi connectivity index (χ1) is 6.54. The van der Waals surface area contributed by atoms with Gasteiger partial charge in [-0.2, -0.15) is 0 Å². The van der Waals surface area contributed by atoms with Crippen LogP contribution in [0.4, 0.5) is 5.82 Å². The SMILES string of the molecule is Cc1nc(Cl)c(NC(C)CO)nc1C. The summed E-state index contributed by atoms with van der Waals surface area (Å²) in [5.74, 6) is 0.524. The Morgan fingerprint density at radius 2 is 1.93 bits per heavy atom. The third-order valence-electron chi connectivity index (χ3n) is 1.92. The van der Waals surface area contributed by atoms with E-state index in [4.69, 9.17) is 16.7 Å². The topological polar surface area (TPSA) is 58.0 Å². The van der Waals surface area contributed by atoms with Gasteiger partial charge in [-0.25, -0.2) is 9.97 Å². The molecule has 1 rings (SSSR count). The molecule has 1 unspecified atom stereocenters. The van der Waals surface area contributed by atoms with Gasteiger partial charge in [0.05, 0.1) is 18.0 Å². The van der Waals surface area contributed by atoms with Crippen molar-refractivity contribution in [2.24, 2.45) is 0 Å². The molecule has 4 nitrogen and oxygen atoms in total. The number of aliphatic hydroxyl groups is 1. The van der Waals surface area contributed by atoms with Crippen LogP contribution in [0.5, 0.6) is 0 Å². The lowest BCUT2D eigenvalue weighted by Crippen LogP contribution is -2.20. The van der Waals surface area contributed by atoms with E-state index in [2.05, 4.69) is 15.3 Å². The predicted octanol–water partition coefficient (Wildman–Crippen LogP) is 1.54. The lowest BCUT2D eigenvalue weighted by molar-refractivity contribution is 0.281. The van der Waals surface area contributed by atoms with Crippen LogP contribution in [0.25, 0.3) is 0 Å². The van der Waals surface area contributed by atoms with Crippen LogP contribution in [0.2, 0.25) is 5.15 Å². The molecule has 0 radical (unpaired) electrons. The summed E-state index contributed by atoms with van der Waals surface area (Å²) >= 11 is 5.88. The highest BCUT2D eigenvalue weighted by atomic mass is 35.5. The zero-order chi connectivity index (χ0) is 10.7. The second kappa shape index (κ2) is 4.57. The lowest BCUT2D eigenvalue weighted by Gasteiger charge is -2.13. The molecule has 0 aliphatic heterocycles. The molecule has 0 aliphatic carbocycles. The summed E-state index contributed by atoms with van der Waals surface area (Å²) in [7, 11) is 0. The summed E-state index contributed by atoms with van der Waals surface area (Å²) in [5.41, 5.74) is 1.65. The second-order valence-corrected chi connectivity index (χ2v) is 3.62. The van der Waals surface area contributed by atoms with Crippen molar-refractivity contribution in [3.05, 3.63) is 16.5 Å². The molecular weight excluding hydrogens is 202 g/mol. The van der Waals surface area contributed by atoms with Crippen molar-refractivity contribution < 1.29 is 5.11 Å². The highest BCUT2D eigenvalue weighted by Crippen LogP contribution is 2.18. The van der Waals surface area contributed by atoms with Gasteiger partial charge in [-0.1, -0.05) is 11.6 Å². The number of aromatic nitrogens is 2. The number of halogens is 1. The molecule has 2 N–H and O–H groups in total. The van der Waals surface area contributed by atoms with Gasteiger partial charge in [0, 0.05) is 6.04 Å². The van der Waals surface area contributed by atoms with Crippen molar-refractivity contribution in [1.82, 2.24) is 9.97 Å². The lowest BCUT2D eigenvalue weighted by atomic mass is 10.3. The average molecular weight is 216 g/mol. The van der Waals surface area contributed by atoms with Gasteiger partial charge in [-0.3, -0.25) is 0 Å². The predicted molar refractivity (Wildman–Crippen MR) is 56.7 cm³/mol. The molecule has 0 amide bonds. The Balaban J connectivity index is 2.92. The van der Waals surface area contributed by atoms with E-state index in [1.807, 2.05) is 20.8 Å². The zero-order valence-corrected chi connectivity index (χ0v) is 9.26. The minimum Gasteiger partial charge on any atom is -0.394 e. The van der Waals surface area contributed by atoms with Gasteiger partial charge in [0.2, 0.25) is 0 Å². The molecule has 0 aliphatic rings. The molecule has 1 aromatic heterocycles. The Morgan fingerprint density at radius 1 is 1.36 bits per heavy atom. The molecule has 0 bridgehead atoms. The first kappa shape index (κ1) is 11.2. The molecule has 0 fully saturated rings. The van der Waals surface area contributed by atoms with Crippen molar-refractivity contribution in [1.29, 1.82) is 0 Å². The van der Waals surface area contributed by atoms with Gasteiger partial charge in [-0.05, 0) is 20.8 Å². The highest BCUT2D eigenvalue weighted by molar-refractivity contribution is 6.31. The Bertz CT molecular complexity index is 330. The summed E-state index contributed by atoms with van der Waals surface area (Å²) in [6.45, 7) is 5.60. The Kier molecular flexibility index (Phi) is 3.66. The van der Waals surface area contributed by atoms with Crippen LogP contribution in [0.3, 0.4) is 0 Å². The summed E-state index contributed by atoms with van der Waals surface area (Å²) in [4.78, 5) is 8.36. The smallest absolute Gasteiger partial charge is 0.171 e. The summed E-state index contributed by atoms with van der Waals surface area (Å²) in [5, 5.41) is 12.2. The molecule has 0 spiro atoms. The molecule has 0 saturated carbocycles. The van der Waals surface area contributed by atoms with Crippen LogP contribution in [-0.2, 0) is 0 Å². The molecule has 0 saturated heterocycles. The van der Waals surface area contributed by atoms with E-state index < -0.39 is 0 Å². The molecule has 14 heavy (non-hydrogen) atoms. The largest absolute Gasteiger partial charge is 0.394 e.